The third-order valence-corrected chi connectivity index (χ3v) is 4.46. The monoisotopic (exact) mass is 298 g/mol. The van der Waals surface area contributed by atoms with Crippen LogP contribution in [-0.4, -0.2) is 72.9 Å². The number of aliphatic hydroxyl groups excluding tert-OH is 1. The van der Waals surface area contributed by atoms with E-state index < -0.39 is 0 Å². The number of rotatable bonds is 4. The van der Waals surface area contributed by atoms with Crippen molar-refractivity contribution in [2.24, 2.45) is 5.41 Å². The Balaban J connectivity index is 1.74. The number of hydrogen-bond acceptors (Lipinski definition) is 4. The molecule has 0 radical (unpaired) electrons. The first-order valence-corrected chi connectivity index (χ1v) is 8.22. The summed E-state index contributed by atoms with van der Waals surface area (Å²) in [5.41, 5.74) is 0.00971. The summed E-state index contributed by atoms with van der Waals surface area (Å²) >= 11 is 0. The summed E-state index contributed by atoms with van der Waals surface area (Å²) in [5.74, 6) is 0.241. The molecule has 2 aliphatic rings. The Morgan fingerprint density at radius 3 is 2.71 bits per heavy atom. The summed E-state index contributed by atoms with van der Waals surface area (Å²) < 4.78 is 5.33. The Kier molecular flexibility index (Phi) is 6.02. The Hall–Kier alpha value is -0.650. The predicted octanol–water partition coefficient (Wildman–Crippen LogP) is 1.11. The van der Waals surface area contributed by atoms with Gasteiger partial charge in [0.15, 0.2) is 0 Å². The molecule has 0 aromatic heterocycles. The summed E-state index contributed by atoms with van der Waals surface area (Å²) in [6.07, 6.45) is 2.75. The van der Waals surface area contributed by atoms with Crippen molar-refractivity contribution in [3.8, 4) is 0 Å². The summed E-state index contributed by atoms with van der Waals surface area (Å²) in [6, 6.07) is 0. The van der Waals surface area contributed by atoms with Crippen LogP contribution in [0.4, 0.5) is 0 Å². The number of amides is 1. The van der Waals surface area contributed by atoms with E-state index in [4.69, 9.17) is 4.74 Å². The molecule has 1 N–H and O–H groups in total. The van der Waals surface area contributed by atoms with Gasteiger partial charge in [0.05, 0.1) is 19.3 Å². The number of nitrogens with zero attached hydrogens (tertiary/aromatic N) is 2. The van der Waals surface area contributed by atoms with Gasteiger partial charge in [-0.2, -0.15) is 0 Å². The fourth-order valence-electron chi connectivity index (χ4n) is 3.35. The van der Waals surface area contributed by atoms with E-state index in [2.05, 4.69) is 18.7 Å². The van der Waals surface area contributed by atoms with Crippen LogP contribution in [0.2, 0.25) is 0 Å². The Bertz CT molecular complexity index is 340. The maximum atomic E-state index is 12.4. The fourth-order valence-corrected chi connectivity index (χ4v) is 3.35. The number of carbonyl (C=O) groups is 1. The molecule has 0 spiro atoms. The second-order valence-electron chi connectivity index (χ2n) is 7.18. The van der Waals surface area contributed by atoms with E-state index in [-0.39, 0.29) is 17.4 Å². The van der Waals surface area contributed by atoms with E-state index in [1.807, 2.05) is 4.90 Å². The van der Waals surface area contributed by atoms with E-state index in [0.29, 0.717) is 19.4 Å². The van der Waals surface area contributed by atoms with Gasteiger partial charge in [-0.15, -0.1) is 0 Å². The molecule has 0 bridgehead atoms. The zero-order valence-corrected chi connectivity index (χ0v) is 13.5. The van der Waals surface area contributed by atoms with Crippen molar-refractivity contribution in [2.75, 3.05) is 45.9 Å². The Labute approximate surface area is 128 Å². The van der Waals surface area contributed by atoms with Crippen LogP contribution >= 0.6 is 0 Å². The highest BCUT2D eigenvalue weighted by Gasteiger charge is 2.30. The number of morpholine rings is 1. The highest BCUT2D eigenvalue weighted by atomic mass is 16.5. The van der Waals surface area contributed by atoms with Gasteiger partial charge in [-0.05, 0) is 31.2 Å². The average Bonchev–Trinajstić information content (AvgIpc) is 2.57. The number of aliphatic hydroxyl groups is 1. The van der Waals surface area contributed by atoms with E-state index in [0.717, 1.165) is 52.2 Å². The zero-order valence-electron chi connectivity index (χ0n) is 13.5. The molecule has 5 nitrogen and oxygen atoms in total. The van der Waals surface area contributed by atoms with Gasteiger partial charge in [0, 0.05) is 32.6 Å². The first kappa shape index (κ1) is 16.7. The van der Waals surface area contributed by atoms with Crippen molar-refractivity contribution in [3.63, 3.8) is 0 Å². The fraction of sp³-hybridized carbons (Fsp3) is 0.938. The maximum absolute atomic E-state index is 12.4. The third kappa shape index (κ3) is 5.57. The highest BCUT2D eigenvalue weighted by molar-refractivity contribution is 5.76. The topological polar surface area (TPSA) is 53.0 Å². The second-order valence-corrected chi connectivity index (χ2v) is 7.18. The van der Waals surface area contributed by atoms with Gasteiger partial charge in [-0.3, -0.25) is 9.69 Å². The molecule has 1 atom stereocenters. The molecule has 21 heavy (non-hydrogen) atoms. The number of hydrogen-bond donors (Lipinski definition) is 1. The van der Waals surface area contributed by atoms with Gasteiger partial charge in [-0.25, -0.2) is 0 Å². The van der Waals surface area contributed by atoms with Crippen molar-refractivity contribution in [1.82, 2.24) is 9.80 Å². The second kappa shape index (κ2) is 7.56. The molecule has 1 amide bonds. The normalized spacial score (nSPS) is 27.4. The van der Waals surface area contributed by atoms with Crippen LogP contribution in [0.15, 0.2) is 0 Å². The molecule has 0 aromatic rings. The Morgan fingerprint density at radius 2 is 2.00 bits per heavy atom. The van der Waals surface area contributed by atoms with Crippen LogP contribution in [-0.2, 0) is 9.53 Å². The zero-order chi connectivity index (χ0) is 15.3. The van der Waals surface area contributed by atoms with Gasteiger partial charge in [0.1, 0.15) is 0 Å². The van der Waals surface area contributed by atoms with Crippen LogP contribution < -0.4 is 0 Å². The lowest BCUT2D eigenvalue weighted by atomic mass is 9.87. The summed E-state index contributed by atoms with van der Waals surface area (Å²) in [5, 5.41) is 9.91. The lowest BCUT2D eigenvalue weighted by Crippen LogP contribution is -2.39. The molecule has 0 saturated carbocycles. The van der Waals surface area contributed by atoms with Crippen LogP contribution in [0, 0.1) is 5.41 Å². The van der Waals surface area contributed by atoms with Crippen LogP contribution in [0.3, 0.4) is 0 Å². The number of carbonyl (C=O) groups excluding carboxylic acids is 1. The summed E-state index contributed by atoms with van der Waals surface area (Å²) in [7, 11) is 0. The standard InChI is InChI=1S/C16H30N2O3/c1-16(2)12-14(19)5-7-18(13-16)15(20)4-3-6-17-8-10-21-11-9-17/h14,19H,3-13H2,1-2H3/t14-/m1/s1. The van der Waals surface area contributed by atoms with E-state index >= 15 is 0 Å². The van der Waals surface area contributed by atoms with Gasteiger partial charge in [-0.1, -0.05) is 13.8 Å². The first-order chi connectivity index (χ1) is 9.96. The Morgan fingerprint density at radius 1 is 1.29 bits per heavy atom. The molecule has 122 valence electrons. The molecule has 0 unspecified atom stereocenters. The third-order valence-electron chi connectivity index (χ3n) is 4.46. The maximum Gasteiger partial charge on any atom is 0.222 e. The lowest BCUT2D eigenvalue weighted by Gasteiger charge is -2.30. The molecule has 2 aliphatic heterocycles. The minimum absolute atomic E-state index is 0.00971. The van der Waals surface area contributed by atoms with Gasteiger partial charge in [0.2, 0.25) is 5.91 Å². The molecule has 0 aromatic carbocycles. The number of ether oxygens (including phenoxy) is 1. The quantitative estimate of drug-likeness (QED) is 0.845. The highest BCUT2D eigenvalue weighted by Crippen LogP contribution is 2.28. The van der Waals surface area contributed by atoms with Gasteiger partial charge < -0.3 is 14.7 Å². The van der Waals surface area contributed by atoms with Crippen molar-refractivity contribution >= 4 is 5.91 Å². The van der Waals surface area contributed by atoms with E-state index in [1.54, 1.807) is 0 Å². The molecule has 2 heterocycles. The predicted molar refractivity (Wildman–Crippen MR) is 82.1 cm³/mol. The SMILES string of the molecule is CC1(C)C[C@H](O)CCN(C(=O)CCCN2CCOCC2)C1. The summed E-state index contributed by atoms with van der Waals surface area (Å²) in [4.78, 5) is 16.7. The molecule has 0 aliphatic carbocycles. The smallest absolute Gasteiger partial charge is 0.222 e. The van der Waals surface area contributed by atoms with Crippen LogP contribution in [0.1, 0.15) is 39.5 Å². The lowest BCUT2D eigenvalue weighted by molar-refractivity contribution is -0.132. The van der Waals surface area contributed by atoms with Crippen LogP contribution in [0.5, 0.6) is 0 Å². The molecule has 2 fully saturated rings. The van der Waals surface area contributed by atoms with Crippen molar-refractivity contribution in [3.05, 3.63) is 0 Å². The van der Waals surface area contributed by atoms with Crippen molar-refractivity contribution in [1.29, 1.82) is 0 Å². The minimum Gasteiger partial charge on any atom is -0.393 e. The van der Waals surface area contributed by atoms with Gasteiger partial charge in [0.25, 0.3) is 0 Å². The van der Waals surface area contributed by atoms with Gasteiger partial charge >= 0.3 is 0 Å². The van der Waals surface area contributed by atoms with E-state index in [1.165, 1.54) is 0 Å². The molecule has 2 saturated heterocycles. The number of likely N-dealkylation sites (tertiary alicyclic amines) is 1. The summed E-state index contributed by atoms with van der Waals surface area (Å²) in [6.45, 7) is 10.3. The molecular formula is C16H30N2O3. The van der Waals surface area contributed by atoms with E-state index in [9.17, 15) is 9.90 Å². The average molecular weight is 298 g/mol. The van der Waals surface area contributed by atoms with Crippen molar-refractivity contribution < 1.29 is 14.6 Å². The minimum atomic E-state index is -0.272. The molecule has 2 rings (SSSR count). The first-order valence-electron chi connectivity index (χ1n) is 8.22. The van der Waals surface area contributed by atoms with Crippen LogP contribution in [0.25, 0.3) is 0 Å². The van der Waals surface area contributed by atoms with Crippen molar-refractivity contribution in [2.45, 2.75) is 45.6 Å². The molecule has 5 heteroatoms. The largest absolute Gasteiger partial charge is 0.393 e. The molecular weight excluding hydrogens is 268 g/mol.